The van der Waals surface area contributed by atoms with Crippen molar-refractivity contribution in [3.63, 3.8) is 0 Å². The first kappa shape index (κ1) is 21.5. The first-order chi connectivity index (χ1) is 15.7. The molecule has 162 valence electrons. The Hall–Kier alpha value is -3.78. The topological polar surface area (TPSA) is 77.7 Å². The second-order valence-electron chi connectivity index (χ2n) is 6.63. The van der Waals surface area contributed by atoms with Gasteiger partial charge in [0.15, 0.2) is 11.5 Å². The number of carbonyl (C=O) groups is 1. The third kappa shape index (κ3) is 4.76. The van der Waals surface area contributed by atoms with E-state index in [9.17, 15) is 4.79 Å². The zero-order chi connectivity index (χ0) is 22.3. The Morgan fingerprint density at radius 1 is 0.875 bits per heavy atom. The lowest BCUT2D eigenvalue weighted by molar-refractivity contribution is -0.115. The van der Waals surface area contributed by atoms with Crippen molar-refractivity contribution in [2.24, 2.45) is 0 Å². The average Bonchev–Trinajstić information content (AvgIpc) is 3.33. The fourth-order valence-corrected chi connectivity index (χ4v) is 3.75. The zero-order valence-corrected chi connectivity index (χ0v) is 18.4. The van der Waals surface area contributed by atoms with Gasteiger partial charge in [0.2, 0.25) is 11.8 Å². The third-order valence-corrected chi connectivity index (χ3v) is 5.44. The largest absolute Gasteiger partial charge is 0.493 e. The number of methoxy groups -OCH3 is 2. The van der Waals surface area contributed by atoms with Crippen molar-refractivity contribution in [1.29, 1.82) is 0 Å². The third-order valence-electron chi connectivity index (χ3n) is 4.63. The molecule has 0 unspecified atom stereocenters. The number of thioether (sulfide) groups is 1. The maximum Gasteiger partial charge on any atom is 0.277 e. The highest BCUT2D eigenvalue weighted by molar-refractivity contribution is 7.99. The van der Waals surface area contributed by atoms with Crippen LogP contribution in [0.2, 0.25) is 0 Å². The Bertz CT molecular complexity index is 1140. The summed E-state index contributed by atoms with van der Waals surface area (Å²) in [5, 5.41) is 8.48. The Morgan fingerprint density at radius 2 is 1.50 bits per heavy atom. The molecule has 32 heavy (non-hydrogen) atoms. The standard InChI is InChI=1S/C24H21N3O4S/c1-29-20-14-13-17(15-21(20)30-2)23-25-26-24(31-23)32-16-22(28)27(18-9-5-3-6-10-18)19-11-7-4-8-12-19/h3-15H,16H2,1-2H3. The van der Waals surface area contributed by atoms with Gasteiger partial charge >= 0.3 is 0 Å². The molecule has 0 aliphatic heterocycles. The molecule has 0 aliphatic carbocycles. The Morgan fingerprint density at radius 3 is 2.09 bits per heavy atom. The quantitative estimate of drug-likeness (QED) is 0.343. The van der Waals surface area contributed by atoms with E-state index >= 15 is 0 Å². The predicted octanol–water partition coefficient (Wildman–Crippen LogP) is 5.21. The lowest BCUT2D eigenvalue weighted by Gasteiger charge is -2.22. The number of rotatable bonds is 8. The summed E-state index contributed by atoms with van der Waals surface area (Å²) < 4.78 is 16.3. The van der Waals surface area contributed by atoms with Crippen molar-refractivity contribution in [2.45, 2.75) is 5.22 Å². The van der Waals surface area contributed by atoms with E-state index in [1.165, 1.54) is 11.8 Å². The van der Waals surface area contributed by atoms with Gasteiger partial charge in [0.05, 0.1) is 20.0 Å². The van der Waals surface area contributed by atoms with Crippen LogP contribution in [-0.4, -0.2) is 36.1 Å². The molecule has 3 aromatic carbocycles. The smallest absolute Gasteiger partial charge is 0.277 e. The molecule has 0 saturated heterocycles. The molecule has 7 nitrogen and oxygen atoms in total. The van der Waals surface area contributed by atoms with Crippen LogP contribution in [0.1, 0.15) is 0 Å². The van der Waals surface area contributed by atoms with Crippen LogP contribution in [0.4, 0.5) is 11.4 Å². The minimum atomic E-state index is -0.0988. The van der Waals surface area contributed by atoms with Crippen molar-refractivity contribution < 1.29 is 18.7 Å². The van der Waals surface area contributed by atoms with E-state index in [2.05, 4.69) is 10.2 Å². The molecule has 0 saturated carbocycles. The van der Waals surface area contributed by atoms with E-state index in [0.29, 0.717) is 28.2 Å². The van der Waals surface area contributed by atoms with Gasteiger partial charge in [0.25, 0.3) is 5.22 Å². The van der Waals surface area contributed by atoms with E-state index < -0.39 is 0 Å². The van der Waals surface area contributed by atoms with Crippen LogP contribution < -0.4 is 14.4 Å². The number of anilines is 2. The van der Waals surface area contributed by atoms with Gasteiger partial charge in [-0.05, 0) is 42.5 Å². The van der Waals surface area contributed by atoms with E-state index in [4.69, 9.17) is 13.9 Å². The van der Waals surface area contributed by atoms with Crippen molar-refractivity contribution in [3.8, 4) is 23.0 Å². The molecule has 0 radical (unpaired) electrons. The number of para-hydroxylation sites is 2. The summed E-state index contributed by atoms with van der Waals surface area (Å²) in [6.45, 7) is 0. The van der Waals surface area contributed by atoms with Gasteiger partial charge in [-0.15, -0.1) is 10.2 Å². The molecule has 1 heterocycles. The first-order valence-corrected chi connectivity index (χ1v) is 10.8. The van der Waals surface area contributed by atoms with Crippen molar-refractivity contribution in [1.82, 2.24) is 10.2 Å². The van der Waals surface area contributed by atoms with Gasteiger partial charge in [-0.1, -0.05) is 48.2 Å². The number of nitrogens with zero attached hydrogens (tertiary/aromatic N) is 3. The minimum absolute atomic E-state index is 0.0988. The van der Waals surface area contributed by atoms with Crippen LogP contribution in [0, 0.1) is 0 Å². The van der Waals surface area contributed by atoms with Crippen molar-refractivity contribution >= 4 is 29.0 Å². The number of hydrogen-bond donors (Lipinski definition) is 0. The van der Waals surface area contributed by atoms with Gasteiger partial charge < -0.3 is 13.9 Å². The van der Waals surface area contributed by atoms with Crippen LogP contribution in [0.5, 0.6) is 11.5 Å². The summed E-state index contributed by atoms with van der Waals surface area (Å²) in [4.78, 5) is 14.8. The molecular weight excluding hydrogens is 426 g/mol. The van der Waals surface area contributed by atoms with Gasteiger partial charge in [0, 0.05) is 16.9 Å². The maximum atomic E-state index is 13.1. The number of carbonyl (C=O) groups excluding carboxylic acids is 1. The SMILES string of the molecule is COc1ccc(-c2nnc(SCC(=O)N(c3ccccc3)c3ccccc3)o2)cc1OC. The predicted molar refractivity (Wildman–Crippen MR) is 124 cm³/mol. The summed E-state index contributed by atoms with van der Waals surface area (Å²) in [5.41, 5.74) is 2.28. The Labute approximate surface area is 190 Å². The average molecular weight is 448 g/mol. The Kier molecular flexibility index (Phi) is 6.72. The molecule has 0 fully saturated rings. The molecular formula is C24H21N3O4S. The fourth-order valence-electron chi connectivity index (χ4n) is 3.13. The van der Waals surface area contributed by atoms with Gasteiger partial charge in [-0.3, -0.25) is 9.69 Å². The van der Waals surface area contributed by atoms with Gasteiger partial charge in [0.1, 0.15) is 0 Å². The second kappa shape index (κ2) is 10.0. The summed E-state index contributed by atoms with van der Waals surface area (Å²) in [7, 11) is 3.14. The molecule has 0 bridgehead atoms. The highest BCUT2D eigenvalue weighted by Gasteiger charge is 2.20. The molecule has 1 amide bonds. The highest BCUT2D eigenvalue weighted by atomic mass is 32.2. The minimum Gasteiger partial charge on any atom is -0.493 e. The Balaban J connectivity index is 1.50. The molecule has 0 spiro atoms. The molecule has 0 aliphatic rings. The number of benzene rings is 3. The molecule has 8 heteroatoms. The summed E-state index contributed by atoms with van der Waals surface area (Å²) in [6.07, 6.45) is 0. The monoisotopic (exact) mass is 447 g/mol. The van der Waals surface area contributed by atoms with Crippen LogP contribution in [0.25, 0.3) is 11.5 Å². The summed E-state index contributed by atoms with van der Waals surface area (Å²) in [6, 6.07) is 24.4. The van der Waals surface area contributed by atoms with Crippen LogP contribution in [-0.2, 0) is 4.79 Å². The molecule has 1 aromatic heterocycles. The van der Waals surface area contributed by atoms with Crippen molar-refractivity contribution in [2.75, 3.05) is 24.9 Å². The molecule has 0 N–H and O–H groups in total. The second-order valence-corrected chi connectivity index (χ2v) is 7.56. The van der Waals surface area contributed by atoms with Gasteiger partial charge in [-0.2, -0.15) is 0 Å². The van der Waals surface area contributed by atoms with Crippen LogP contribution in [0.3, 0.4) is 0 Å². The maximum absolute atomic E-state index is 13.1. The van der Waals surface area contributed by atoms with Gasteiger partial charge in [-0.25, -0.2) is 0 Å². The first-order valence-electron chi connectivity index (χ1n) is 9.81. The molecule has 0 atom stereocenters. The normalized spacial score (nSPS) is 10.6. The highest BCUT2D eigenvalue weighted by Crippen LogP contribution is 2.33. The van der Waals surface area contributed by atoms with E-state index in [1.807, 2.05) is 60.7 Å². The zero-order valence-electron chi connectivity index (χ0n) is 17.6. The van der Waals surface area contributed by atoms with Crippen molar-refractivity contribution in [3.05, 3.63) is 78.9 Å². The number of aromatic nitrogens is 2. The molecule has 4 aromatic rings. The lowest BCUT2D eigenvalue weighted by atomic mass is 10.2. The number of ether oxygens (including phenoxy) is 2. The fraction of sp³-hybridized carbons (Fsp3) is 0.125. The molecule has 4 rings (SSSR count). The van der Waals surface area contributed by atoms with E-state index in [1.54, 1.807) is 37.3 Å². The lowest BCUT2D eigenvalue weighted by Crippen LogP contribution is -2.27. The van der Waals surface area contributed by atoms with E-state index in [-0.39, 0.29) is 11.7 Å². The number of hydrogen-bond acceptors (Lipinski definition) is 7. The van der Waals surface area contributed by atoms with Crippen LogP contribution in [0.15, 0.2) is 88.5 Å². The van der Waals surface area contributed by atoms with Crippen LogP contribution >= 0.6 is 11.8 Å². The summed E-state index contributed by atoms with van der Waals surface area (Å²) >= 11 is 1.19. The number of amides is 1. The van der Waals surface area contributed by atoms with E-state index in [0.717, 1.165) is 11.4 Å². The summed E-state index contributed by atoms with van der Waals surface area (Å²) in [5.74, 6) is 1.55.